The van der Waals surface area contributed by atoms with Crippen LogP contribution in [-0.2, 0) is 0 Å². The fraction of sp³-hybridized carbons (Fsp3) is 0. The Bertz CT molecular complexity index is 2450. The monoisotopic (exact) mass is 1060 g/mol. The highest BCUT2D eigenvalue weighted by Crippen LogP contribution is 2.27. The van der Waals surface area contributed by atoms with E-state index < -0.39 is 0 Å². The van der Waals surface area contributed by atoms with Gasteiger partial charge in [-0.15, -0.1) is 70.1 Å². The Morgan fingerprint density at radius 1 is 0.229 bits per heavy atom. The normalized spacial score (nSPS) is 9.83. The number of pyridine rings is 4. The molecule has 0 bridgehead atoms. The molecule has 0 unspecified atom stereocenters. The number of benzene rings is 4. The van der Waals surface area contributed by atoms with Crippen LogP contribution in [0.5, 0.6) is 0 Å². The Hall–Kier alpha value is -7.86. The topological polar surface area (TPSA) is 359 Å². The van der Waals surface area contributed by atoms with Gasteiger partial charge in [0.2, 0.25) is 0 Å². The molecule has 20 nitrogen and oxygen atoms in total. The summed E-state index contributed by atoms with van der Waals surface area (Å²) in [6.07, 6.45) is 0. The van der Waals surface area contributed by atoms with Crippen molar-refractivity contribution < 1.29 is 0 Å². The van der Waals surface area contributed by atoms with Crippen molar-refractivity contribution in [3.05, 3.63) is 170 Å². The second-order valence-electron chi connectivity index (χ2n) is 12.7. The van der Waals surface area contributed by atoms with Crippen LogP contribution in [0.3, 0.4) is 0 Å². The number of azo groups is 4. The molecule has 0 aliphatic rings. The van der Waals surface area contributed by atoms with Gasteiger partial charge in [0.1, 0.15) is 46.0 Å². The molecular formula is C44H52Cl4N20S2. The average Bonchev–Trinajstić information content (AvgIpc) is 3.30. The van der Waals surface area contributed by atoms with Gasteiger partial charge in [-0.1, -0.05) is 72.8 Å². The summed E-state index contributed by atoms with van der Waals surface area (Å²) in [6, 6.07) is 50.9. The zero-order valence-electron chi connectivity index (χ0n) is 36.8. The maximum Gasteiger partial charge on any atom is 0.153 e. The second kappa shape index (κ2) is 34.4. The van der Waals surface area contributed by atoms with Gasteiger partial charge in [0.25, 0.3) is 0 Å². The van der Waals surface area contributed by atoms with E-state index in [1.54, 1.807) is 48.5 Å². The maximum atomic E-state index is 5.64. The first-order valence-corrected chi connectivity index (χ1v) is 19.0. The van der Waals surface area contributed by atoms with Gasteiger partial charge in [0, 0.05) is 0 Å². The molecule has 8 rings (SSSR count). The van der Waals surface area contributed by atoms with Crippen LogP contribution in [0.2, 0.25) is 0 Å². The summed E-state index contributed by atoms with van der Waals surface area (Å²) < 4.78 is 0. The van der Waals surface area contributed by atoms with Gasteiger partial charge in [-0.05, 0) is 97.1 Å². The number of halogens is 4. The van der Waals surface area contributed by atoms with Gasteiger partial charge in [-0.25, -0.2) is 19.9 Å². The zero-order valence-corrected chi connectivity index (χ0v) is 42.1. The molecule has 0 fully saturated rings. The average molecular weight is 1070 g/mol. The van der Waals surface area contributed by atoms with Crippen LogP contribution in [0.4, 0.5) is 92.0 Å². The molecule has 0 amide bonds. The third-order valence-corrected chi connectivity index (χ3v) is 7.81. The summed E-state index contributed by atoms with van der Waals surface area (Å²) in [5.41, 5.74) is 49.5. The van der Waals surface area contributed by atoms with Crippen LogP contribution in [0.25, 0.3) is 0 Å². The first-order chi connectivity index (χ1) is 31.0. The Balaban J connectivity index is 0. The summed E-state index contributed by atoms with van der Waals surface area (Å²) in [5, 5.41) is 32.1. The van der Waals surface area contributed by atoms with E-state index in [1.807, 2.05) is 121 Å². The van der Waals surface area contributed by atoms with Crippen molar-refractivity contribution >= 4 is 169 Å². The number of anilines is 8. The Kier molecular flexibility index (Phi) is 31.6. The minimum Gasteiger partial charge on any atom is -0.384 e. The lowest BCUT2D eigenvalue weighted by atomic mass is 10.3. The number of hydrogen-bond donors (Lipinski definition) is 8. The van der Waals surface area contributed by atoms with Gasteiger partial charge >= 0.3 is 0 Å². The van der Waals surface area contributed by atoms with Crippen LogP contribution in [0.15, 0.2) is 211 Å². The molecule has 368 valence electrons. The minimum atomic E-state index is 0. The van der Waals surface area contributed by atoms with Crippen molar-refractivity contribution in [1.82, 2.24) is 19.9 Å². The molecule has 0 aliphatic heterocycles. The third kappa shape index (κ3) is 22.8. The Morgan fingerprint density at radius 2 is 0.400 bits per heavy atom. The molecule has 0 radical (unpaired) electrons. The summed E-state index contributed by atoms with van der Waals surface area (Å²) in [6.45, 7) is 0. The predicted octanol–water partition coefficient (Wildman–Crippen LogP) is 12.6. The number of aromatic nitrogens is 4. The van der Waals surface area contributed by atoms with E-state index in [-0.39, 0.29) is 99.9 Å². The lowest BCUT2D eigenvalue weighted by molar-refractivity contribution is 1.21. The molecule has 0 aliphatic carbocycles. The Labute approximate surface area is 442 Å². The first-order valence-electron chi connectivity index (χ1n) is 19.0. The summed E-state index contributed by atoms with van der Waals surface area (Å²) in [5.74, 6) is 2.60. The summed E-state index contributed by atoms with van der Waals surface area (Å²) in [4.78, 5) is 15.6. The van der Waals surface area contributed by atoms with Crippen LogP contribution in [0.1, 0.15) is 0 Å². The number of nitrogen functional groups attached to an aromatic ring is 8. The SMILES string of the molecule is Cl.Cl.Cl.Cl.Nc1ccc(N=Nc2ccccc2)c(N)n1.Nc1ccc(N=Nc2ccccc2)c(N)n1.Nc1ccc(N=Nc2ccccc2)c(N)n1.Nc1ccc(N=Nc2ccccc2)c(N)n1.S.S. The highest BCUT2D eigenvalue weighted by atomic mass is 35.5. The maximum absolute atomic E-state index is 5.64. The van der Waals surface area contributed by atoms with Crippen molar-refractivity contribution in [2.45, 2.75) is 0 Å². The van der Waals surface area contributed by atoms with Crippen LogP contribution in [-0.4, -0.2) is 19.9 Å². The molecule has 16 N–H and O–H groups in total. The lowest BCUT2D eigenvalue weighted by Gasteiger charge is -1.98. The van der Waals surface area contributed by atoms with Gasteiger partial charge in [-0.2, -0.15) is 47.4 Å². The van der Waals surface area contributed by atoms with Gasteiger partial charge in [0.05, 0.1) is 22.7 Å². The van der Waals surface area contributed by atoms with E-state index in [4.69, 9.17) is 45.9 Å². The largest absolute Gasteiger partial charge is 0.384 e. The van der Waals surface area contributed by atoms with Crippen molar-refractivity contribution in [3.63, 3.8) is 0 Å². The third-order valence-electron chi connectivity index (χ3n) is 7.81. The number of nitrogens with zero attached hydrogens (tertiary/aromatic N) is 12. The predicted molar refractivity (Wildman–Crippen MR) is 304 cm³/mol. The van der Waals surface area contributed by atoms with Crippen molar-refractivity contribution in [2.24, 2.45) is 40.9 Å². The molecule has 4 aromatic heterocycles. The summed E-state index contributed by atoms with van der Waals surface area (Å²) >= 11 is 0. The van der Waals surface area contributed by atoms with Gasteiger partial charge in [0.15, 0.2) is 23.3 Å². The molecule has 0 saturated carbocycles. The molecule has 0 atom stereocenters. The fourth-order valence-electron chi connectivity index (χ4n) is 4.70. The fourth-order valence-corrected chi connectivity index (χ4v) is 4.70. The standard InChI is InChI=1S/4C11H11N5.4ClH.2H2S/c4*12-10-7-6-9(11(13)14-10)16-15-8-4-2-1-3-5-8;;;;;;/h4*1-7H,(H4,12,13,14);4*1H;2*1H2. The van der Waals surface area contributed by atoms with Gasteiger partial charge < -0.3 is 45.9 Å². The van der Waals surface area contributed by atoms with E-state index in [9.17, 15) is 0 Å². The van der Waals surface area contributed by atoms with E-state index in [0.717, 1.165) is 22.7 Å². The Morgan fingerprint density at radius 3 is 0.557 bits per heavy atom. The molecule has 0 spiro atoms. The number of rotatable bonds is 8. The van der Waals surface area contributed by atoms with E-state index in [1.165, 1.54) is 0 Å². The zero-order chi connectivity index (χ0) is 45.5. The van der Waals surface area contributed by atoms with Crippen molar-refractivity contribution in [2.75, 3.05) is 45.9 Å². The smallest absolute Gasteiger partial charge is 0.153 e. The molecule has 70 heavy (non-hydrogen) atoms. The van der Waals surface area contributed by atoms with E-state index in [0.29, 0.717) is 46.0 Å². The summed E-state index contributed by atoms with van der Waals surface area (Å²) in [7, 11) is 0. The van der Waals surface area contributed by atoms with Gasteiger partial charge in [-0.3, -0.25) is 0 Å². The molecular weight excluding hydrogens is 1010 g/mol. The van der Waals surface area contributed by atoms with Crippen LogP contribution in [0, 0.1) is 0 Å². The number of hydrogen-bond acceptors (Lipinski definition) is 20. The first kappa shape index (κ1) is 64.2. The molecule has 26 heteroatoms. The van der Waals surface area contributed by atoms with Crippen molar-refractivity contribution in [1.29, 1.82) is 0 Å². The van der Waals surface area contributed by atoms with Crippen LogP contribution >= 0.6 is 76.6 Å². The lowest BCUT2D eigenvalue weighted by Crippen LogP contribution is -1.95. The minimum absolute atomic E-state index is 0. The quantitative estimate of drug-likeness (QED) is 0.0658. The molecule has 8 aromatic rings. The van der Waals surface area contributed by atoms with E-state index in [2.05, 4.69) is 60.8 Å². The highest BCUT2D eigenvalue weighted by molar-refractivity contribution is 7.59. The number of nitrogens with two attached hydrogens (primary N) is 8. The molecule has 4 heterocycles. The van der Waals surface area contributed by atoms with E-state index >= 15 is 0 Å². The molecule has 0 saturated heterocycles. The van der Waals surface area contributed by atoms with Crippen LogP contribution < -0.4 is 45.9 Å². The highest BCUT2D eigenvalue weighted by Gasteiger charge is 2.02. The second-order valence-corrected chi connectivity index (χ2v) is 12.7. The molecule has 4 aromatic carbocycles. The van der Waals surface area contributed by atoms with Crippen molar-refractivity contribution in [3.8, 4) is 0 Å².